The Labute approximate surface area is 88.5 Å². The van der Waals surface area contributed by atoms with E-state index in [2.05, 4.69) is 4.98 Å². The number of anilines is 2. The van der Waals surface area contributed by atoms with Crippen LogP contribution in [0.15, 0.2) is 18.3 Å². The molecule has 0 unspecified atom stereocenters. The van der Waals surface area contributed by atoms with Crippen LogP contribution in [0.5, 0.6) is 0 Å². The van der Waals surface area contributed by atoms with Crippen molar-refractivity contribution in [3.8, 4) is 0 Å². The third kappa shape index (κ3) is 2.01. The van der Waals surface area contributed by atoms with Crippen LogP contribution in [0.4, 0.5) is 11.5 Å². The first-order valence-electron chi connectivity index (χ1n) is 4.87. The molecule has 1 amide bonds. The summed E-state index contributed by atoms with van der Waals surface area (Å²) < 4.78 is 0. The van der Waals surface area contributed by atoms with Crippen LogP contribution in [-0.2, 0) is 4.79 Å². The molecule has 80 valence electrons. The number of rotatable bonds is 1. The quantitative estimate of drug-likeness (QED) is 0.699. The van der Waals surface area contributed by atoms with Crippen molar-refractivity contribution in [2.45, 2.75) is 0 Å². The molecule has 0 atom stereocenters. The molecular weight excluding hydrogens is 192 g/mol. The number of nitrogens with two attached hydrogens (primary N) is 1. The molecule has 0 bridgehead atoms. The van der Waals surface area contributed by atoms with Gasteiger partial charge in [-0.3, -0.25) is 4.79 Å². The van der Waals surface area contributed by atoms with E-state index in [0.717, 1.165) is 18.9 Å². The van der Waals surface area contributed by atoms with Crippen LogP contribution < -0.4 is 10.6 Å². The lowest BCUT2D eigenvalue weighted by molar-refractivity contribution is -0.129. The summed E-state index contributed by atoms with van der Waals surface area (Å²) in [6, 6.07) is 3.64. The fourth-order valence-electron chi connectivity index (χ4n) is 1.54. The minimum Gasteiger partial charge on any atom is -0.397 e. The summed E-state index contributed by atoms with van der Waals surface area (Å²) in [4.78, 5) is 19.4. The molecule has 15 heavy (non-hydrogen) atoms. The number of carbonyl (C=O) groups excluding carboxylic acids is 1. The maximum Gasteiger partial charge on any atom is 0.241 e. The molecule has 0 radical (unpaired) electrons. The number of hydrogen-bond donors (Lipinski definition) is 1. The van der Waals surface area contributed by atoms with Crippen molar-refractivity contribution in [3.05, 3.63) is 18.3 Å². The topological polar surface area (TPSA) is 62.5 Å². The second-order valence-corrected chi connectivity index (χ2v) is 3.69. The lowest BCUT2D eigenvalue weighted by atomic mass is 10.3. The Morgan fingerprint density at radius 1 is 1.40 bits per heavy atom. The van der Waals surface area contributed by atoms with Gasteiger partial charge in [-0.2, -0.15) is 0 Å². The lowest BCUT2D eigenvalue weighted by Gasteiger charge is -2.32. The zero-order valence-electron chi connectivity index (χ0n) is 8.68. The van der Waals surface area contributed by atoms with Gasteiger partial charge >= 0.3 is 0 Å². The predicted octanol–water partition coefficient (Wildman–Crippen LogP) is -0.0578. The van der Waals surface area contributed by atoms with Crippen molar-refractivity contribution in [2.24, 2.45) is 0 Å². The van der Waals surface area contributed by atoms with Gasteiger partial charge in [0.2, 0.25) is 5.91 Å². The maximum atomic E-state index is 11.5. The Balaban J connectivity index is 2.12. The minimum atomic E-state index is 0.125. The molecule has 0 saturated carbocycles. The van der Waals surface area contributed by atoms with E-state index in [9.17, 15) is 4.79 Å². The third-order valence-electron chi connectivity index (χ3n) is 2.55. The maximum absolute atomic E-state index is 11.5. The van der Waals surface area contributed by atoms with E-state index in [1.165, 1.54) is 0 Å². The summed E-state index contributed by atoms with van der Waals surface area (Å²) >= 11 is 0. The molecule has 5 nitrogen and oxygen atoms in total. The van der Waals surface area contributed by atoms with Crippen LogP contribution in [0.25, 0.3) is 0 Å². The average Bonchev–Trinajstić information content (AvgIpc) is 2.23. The highest BCUT2D eigenvalue weighted by Gasteiger charge is 2.21. The highest BCUT2D eigenvalue weighted by atomic mass is 16.2. The summed E-state index contributed by atoms with van der Waals surface area (Å²) in [6.45, 7) is 1.96. The second kappa shape index (κ2) is 3.76. The van der Waals surface area contributed by atoms with Gasteiger partial charge < -0.3 is 15.5 Å². The summed E-state index contributed by atoms with van der Waals surface area (Å²) in [5.74, 6) is 0.936. The lowest BCUT2D eigenvalue weighted by Crippen LogP contribution is -2.48. The van der Waals surface area contributed by atoms with Crippen LogP contribution in [0.1, 0.15) is 0 Å². The van der Waals surface area contributed by atoms with E-state index in [-0.39, 0.29) is 5.91 Å². The number of carbonyl (C=O) groups is 1. The van der Waals surface area contributed by atoms with Gasteiger partial charge in [-0.05, 0) is 12.1 Å². The minimum absolute atomic E-state index is 0.125. The Bertz CT molecular complexity index is 362. The molecule has 0 aliphatic carbocycles. The monoisotopic (exact) mass is 206 g/mol. The molecule has 0 aromatic carbocycles. The van der Waals surface area contributed by atoms with Crippen LogP contribution in [0, 0.1) is 0 Å². The molecule has 0 spiro atoms. The average molecular weight is 206 g/mol. The van der Waals surface area contributed by atoms with Crippen molar-refractivity contribution < 1.29 is 4.79 Å². The summed E-state index contributed by atoms with van der Waals surface area (Å²) in [5.41, 5.74) is 6.19. The van der Waals surface area contributed by atoms with Crippen LogP contribution >= 0.6 is 0 Å². The molecule has 1 fully saturated rings. The van der Waals surface area contributed by atoms with E-state index in [1.54, 1.807) is 17.2 Å². The van der Waals surface area contributed by atoms with Crippen molar-refractivity contribution in [1.82, 2.24) is 9.88 Å². The van der Waals surface area contributed by atoms with E-state index in [4.69, 9.17) is 5.73 Å². The van der Waals surface area contributed by atoms with Gasteiger partial charge in [-0.15, -0.1) is 0 Å². The second-order valence-electron chi connectivity index (χ2n) is 3.69. The van der Waals surface area contributed by atoms with Crippen molar-refractivity contribution in [2.75, 3.05) is 37.3 Å². The van der Waals surface area contributed by atoms with Crippen molar-refractivity contribution in [1.29, 1.82) is 0 Å². The molecule has 1 aromatic heterocycles. The zero-order valence-corrected chi connectivity index (χ0v) is 8.68. The Morgan fingerprint density at radius 2 is 2.20 bits per heavy atom. The highest BCUT2D eigenvalue weighted by Crippen LogP contribution is 2.14. The number of nitrogen functional groups attached to an aromatic ring is 1. The molecule has 1 saturated heterocycles. The number of pyridine rings is 1. The molecule has 2 rings (SSSR count). The van der Waals surface area contributed by atoms with Gasteiger partial charge in [0, 0.05) is 20.1 Å². The number of aromatic nitrogens is 1. The molecule has 1 aliphatic heterocycles. The summed E-state index contributed by atoms with van der Waals surface area (Å²) in [7, 11) is 1.82. The first-order chi connectivity index (χ1) is 7.16. The normalized spacial score (nSPS) is 17.0. The van der Waals surface area contributed by atoms with Gasteiger partial charge in [0.05, 0.1) is 18.4 Å². The van der Waals surface area contributed by atoms with Crippen molar-refractivity contribution >= 4 is 17.4 Å². The van der Waals surface area contributed by atoms with E-state index < -0.39 is 0 Å². The molecule has 5 heteroatoms. The fraction of sp³-hybridized carbons (Fsp3) is 0.400. The standard InChI is InChI=1S/C10H14N4O/c1-13-4-5-14(7-10(13)15)9-3-2-8(11)6-12-9/h2-3,6H,4-5,7,11H2,1H3. The van der Waals surface area contributed by atoms with Gasteiger partial charge in [0.15, 0.2) is 0 Å². The van der Waals surface area contributed by atoms with Crippen LogP contribution in [-0.4, -0.2) is 42.5 Å². The Morgan fingerprint density at radius 3 is 2.80 bits per heavy atom. The van der Waals surface area contributed by atoms with E-state index >= 15 is 0 Å². The Kier molecular flexibility index (Phi) is 2.45. The number of likely N-dealkylation sites (N-methyl/N-ethyl adjacent to an activating group) is 1. The van der Waals surface area contributed by atoms with Crippen LogP contribution in [0.2, 0.25) is 0 Å². The smallest absolute Gasteiger partial charge is 0.241 e. The molecule has 2 heterocycles. The number of hydrogen-bond acceptors (Lipinski definition) is 4. The molecule has 1 aliphatic rings. The molecular formula is C10H14N4O. The van der Waals surface area contributed by atoms with Gasteiger partial charge in [0.25, 0.3) is 0 Å². The first-order valence-corrected chi connectivity index (χ1v) is 4.87. The molecule has 2 N–H and O–H groups in total. The van der Waals surface area contributed by atoms with Gasteiger partial charge in [-0.25, -0.2) is 4.98 Å². The predicted molar refractivity (Wildman–Crippen MR) is 58.5 cm³/mol. The molecule has 1 aromatic rings. The van der Waals surface area contributed by atoms with Crippen molar-refractivity contribution in [3.63, 3.8) is 0 Å². The summed E-state index contributed by atoms with van der Waals surface area (Å²) in [5, 5.41) is 0. The highest BCUT2D eigenvalue weighted by molar-refractivity contribution is 5.82. The number of piperazine rings is 1. The zero-order chi connectivity index (χ0) is 10.8. The van der Waals surface area contributed by atoms with E-state index in [0.29, 0.717) is 12.2 Å². The largest absolute Gasteiger partial charge is 0.397 e. The van der Waals surface area contributed by atoms with E-state index in [1.807, 2.05) is 18.0 Å². The fourth-order valence-corrected chi connectivity index (χ4v) is 1.54. The number of nitrogens with zero attached hydrogens (tertiary/aromatic N) is 3. The van der Waals surface area contributed by atoms with Gasteiger partial charge in [-0.1, -0.05) is 0 Å². The SMILES string of the molecule is CN1CCN(c2ccc(N)cn2)CC1=O. The first kappa shape index (κ1) is 9.76. The third-order valence-corrected chi connectivity index (χ3v) is 2.55. The Hall–Kier alpha value is -1.78. The summed E-state index contributed by atoms with van der Waals surface area (Å²) in [6.07, 6.45) is 1.61. The van der Waals surface area contributed by atoms with Crippen LogP contribution in [0.3, 0.4) is 0 Å². The van der Waals surface area contributed by atoms with Gasteiger partial charge in [0.1, 0.15) is 5.82 Å². The number of amides is 1.